The normalized spacial score (nSPS) is 26.4. The Kier molecular flexibility index (Phi) is 6.69. The van der Waals surface area contributed by atoms with Crippen LogP contribution < -0.4 is 5.73 Å². The molecule has 1 aliphatic heterocycles. The lowest BCUT2D eigenvalue weighted by atomic mass is 9.95. The standard InChI is InChI=1S/C14H31N3O2/c1-6-12-10-16(3)8-7-9-17(12)14(2,11-15)13(18-4)19-5/h12-13H,6-11,15H2,1-5H3. The van der Waals surface area contributed by atoms with E-state index in [1.165, 1.54) is 0 Å². The topological polar surface area (TPSA) is 51.0 Å². The summed E-state index contributed by atoms with van der Waals surface area (Å²) in [5.74, 6) is 0. The van der Waals surface area contributed by atoms with Gasteiger partial charge in [0.05, 0.1) is 5.54 Å². The van der Waals surface area contributed by atoms with Gasteiger partial charge in [0.15, 0.2) is 6.29 Å². The SMILES string of the molecule is CCC1CN(C)CCCN1C(C)(CN)C(OC)OC. The molecule has 5 nitrogen and oxygen atoms in total. The number of hydrogen-bond acceptors (Lipinski definition) is 5. The molecule has 0 aromatic heterocycles. The molecule has 19 heavy (non-hydrogen) atoms. The van der Waals surface area contributed by atoms with Gasteiger partial charge >= 0.3 is 0 Å². The van der Waals surface area contributed by atoms with E-state index in [2.05, 4.69) is 30.7 Å². The van der Waals surface area contributed by atoms with E-state index < -0.39 is 0 Å². The first-order valence-corrected chi connectivity index (χ1v) is 7.24. The zero-order valence-electron chi connectivity index (χ0n) is 13.2. The molecule has 1 fully saturated rings. The van der Waals surface area contributed by atoms with E-state index in [0.717, 1.165) is 32.5 Å². The van der Waals surface area contributed by atoms with Crippen LogP contribution in [0, 0.1) is 0 Å². The molecule has 0 saturated carbocycles. The lowest BCUT2D eigenvalue weighted by Gasteiger charge is -2.47. The van der Waals surface area contributed by atoms with E-state index in [0.29, 0.717) is 12.6 Å². The molecule has 2 unspecified atom stereocenters. The highest BCUT2D eigenvalue weighted by molar-refractivity contribution is 4.96. The summed E-state index contributed by atoms with van der Waals surface area (Å²) in [4.78, 5) is 4.90. The van der Waals surface area contributed by atoms with Crippen LogP contribution in [-0.4, -0.2) is 75.1 Å². The Morgan fingerprint density at radius 3 is 2.42 bits per heavy atom. The van der Waals surface area contributed by atoms with E-state index in [4.69, 9.17) is 15.2 Å². The zero-order valence-corrected chi connectivity index (χ0v) is 13.2. The van der Waals surface area contributed by atoms with Crippen molar-refractivity contribution in [3.63, 3.8) is 0 Å². The van der Waals surface area contributed by atoms with Crippen molar-refractivity contribution in [1.29, 1.82) is 0 Å². The van der Waals surface area contributed by atoms with Crippen LogP contribution in [0.5, 0.6) is 0 Å². The summed E-state index contributed by atoms with van der Waals surface area (Å²) in [6.07, 6.45) is 1.97. The number of likely N-dealkylation sites (N-methyl/N-ethyl adjacent to an activating group) is 1. The average molecular weight is 273 g/mol. The number of hydrogen-bond donors (Lipinski definition) is 1. The first kappa shape index (κ1) is 16.9. The average Bonchev–Trinajstić information content (AvgIpc) is 2.61. The Morgan fingerprint density at radius 2 is 1.95 bits per heavy atom. The number of rotatable bonds is 6. The maximum atomic E-state index is 6.08. The lowest BCUT2D eigenvalue weighted by molar-refractivity contribution is -0.187. The summed E-state index contributed by atoms with van der Waals surface area (Å²) in [5, 5.41) is 0. The molecule has 5 heteroatoms. The summed E-state index contributed by atoms with van der Waals surface area (Å²) in [6, 6.07) is 0.494. The fourth-order valence-electron chi connectivity index (χ4n) is 3.22. The second-order valence-electron chi connectivity index (χ2n) is 5.74. The van der Waals surface area contributed by atoms with E-state index in [1.807, 2.05) is 0 Å². The Balaban J connectivity index is 2.98. The van der Waals surface area contributed by atoms with E-state index >= 15 is 0 Å². The van der Waals surface area contributed by atoms with Crippen LogP contribution in [-0.2, 0) is 9.47 Å². The van der Waals surface area contributed by atoms with Crippen LogP contribution in [0.2, 0.25) is 0 Å². The molecule has 0 aromatic rings. The fraction of sp³-hybridized carbons (Fsp3) is 1.00. The van der Waals surface area contributed by atoms with Crippen molar-refractivity contribution in [3.05, 3.63) is 0 Å². The molecule has 0 aromatic carbocycles. The first-order chi connectivity index (χ1) is 9.03. The van der Waals surface area contributed by atoms with Crippen molar-refractivity contribution in [2.75, 3.05) is 47.4 Å². The van der Waals surface area contributed by atoms with Crippen LogP contribution in [0.25, 0.3) is 0 Å². The third-order valence-electron chi connectivity index (χ3n) is 4.38. The third kappa shape index (κ3) is 3.67. The molecule has 0 spiro atoms. The summed E-state index contributed by atoms with van der Waals surface area (Å²) < 4.78 is 11.0. The number of nitrogens with zero attached hydrogens (tertiary/aromatic N) is 2. The maximum absolute atomic E-state index is 6.08. The molecular weight excluding hydrogens is 242 g/mol. The lowest BCUT2D eigenvalue weighted by Crippen LogP contribution is -2.64. The summed E-state index contributed by atoms with van der Waals surface area (Å²) >= 11 is 0. The summed E-state index contributed by atoms with van der Waals surface area (Å²) in [7, 11) is 5.57. The van der Waals surface area contributed by atoms with E-state index in [9.17, 15) is 0 Å². The predicted octanol–water partition coefficient (Wildman–Crippen LogP) is 0.739. The molecule has 0 aliphatic carbocycles. The molecule has 1 rings (SSSR count). The fourth-order valence-corrected chi connectivity index (χ4v) is 3.22. The van der Waals surface area contributed by atoms with Gasteiger partial charge in [-0.2, -0.15) is 0 Å². The van der Waals surface area contributed by atoms with E-state index in [-0.39, 0.29) is 11.8 Å². The maximum Gasteiger partial charge on any atom is 0.176 e. The number of nitrogens with two attached hydrogens (primary N) is 1. The van der Waals surface area contributed by atoms with Gasteiger partial charge in [-0.25, -0.2) is 0 Å². The monoisotopic (exact) mass is 273 g/mol. The number of methoxy groups -OCH3 is 2. The van der Waals surface area contributed by atoms with Gasteiger partial charge in [-0.15, -0.1) is 0 Å². The van der Waals surface area contributed by atoms with Crippen LogP contribution in [0.1, 0.15) is 26.7 Å². The first-order valence-electron chi connectivity index (χ1n) is 7.24. The van der Waals surface area contributed by atoms with Gasteiger partial charge in [-0.1, -0.05) is 6.92 Å². The molecule has 114 valence electrons. The molecule has 1 saturated heterocycles. The largest absolute Gasteiger partial charge is 0.354 e. The van der Waals surface area contributed by atoms with Crippen molar-refractivity contribution in [2.45, 2.75) is 44.6 Å². The van der Waals surface area contributed by atoms with Crippen molar-refractivity contribution in [2.24, 2.45) is 5.73 Å². The van der Waals surface area contributed by atoms with Crippen molar-refractivity contribution >= 4 is 0 Å². The minimum atomic E-state index is -0.296. The minimum Gasteiger partial charge on any atom is -0.354 e. The molecular formula is C14H31N3O2. The highest BCUT2D eigenvalue weighted by atomic mass is 16.7. The molecule has 0 radical (unpaired) electrons. The van der Waals surface area contributed by atoms with Crippen molar-refractivity contribution < 1.29 is 9.47 Å². The molecule has 0 amide bonds. The zero-order chi connectivity index (χ0) is 14.5. The Labute approximate surface area is 118 Å². The van der Waals surface area contributed by atoms with Gasteiger partial charge in [0.25, 0.3) is 0 Å². The smallest absolute Gasteiger partial charge is 0.176 e. The van der Waals surface area contributed by atoms with E-state index in [1.54, 1.807) is 14.2 Å². The Bertz CT molecular complexity index is 261. The molecule has 0 bridgehead atoms. The highest BCUT2D eigenvalue weighted by Crippen LogP contribution is 2.27. The van der Waals surface area contributed by atoms with Gasteiger partial charge in [0.1, 0.15) is 0 Å². The van der Waals surface area contributed by atoms with Gasteiger partial charge in [0, 0.05) is 39.9 Å². The quantitative estimate of drug-likeness (QED) is 0.723. The number of ether oxygens (including phenoxy) is 2. The second kappa shape index (κ2) is 7.55. The molecule has 1 aliphatic rings. The predicted molar refractivity (Wildman–Crippen MR) is 78.2 cm³/mol. The molecule has 2 atom stereocenters. The molecule has 2 N–H and O–H groups in total. The Hall–Kier alpha value is -0.200. The Morgan fingerprint density at radius 1 is 1.32 bits per heavy atom. The molecule has 1 heterocycles. The third-order valence-corrected chi connectivity index (χ3v) is 4.38. The van der Waals surface area contributed by atoms with Crippen LogP contribution in [0.4, 0.5) is 0 Å². The second-order valence-corrected chi connectivity index (χ2v) is 5.74. The van der Waals surface area contributed by atoms with Gasteiger partial charge in [0.2, 0.25) is 0 Å². The van der Waals surface area contributed by atoms with Crippen molar-refractivity contribution in [1.82, 2.24) is 9.80 Å². The van der Waals surface area contributed by atoms with Gasteiger partial charge < -0.3 is 20.1 Å². The highest BCUT2D eigenvalue weighted by Gasteiger charge is 2.43. The van der Waals surface area contributed by atoms with Crippen molar-refractivity contribution in [3.8, 4) is 0 Å². The summed E-state index contributed by atoms with van der Waals surface area (Å²) in [5.41, 5.74) is 5.79. The van der Waals surface area contributed by atoms with Crippen LogP contribution in [0.3, 0.4) is 0 Å². The van der Waals surface area contributed by atoms with Crippen LogP contribution in [0.15, 0.2) is 0 Å². The van der Waals surface area contributed by atoms with Gasteiger partial charge in [-0.05, 0) is 33.4 Å². The minimum absolute atomic E-state index is 0.282. The van der Waals surface area contributed by atoms with Gasteiger partial charge in [-0.3, -0.25) is 4.90 Å². The van der Waals surface area contributed by atoms with Crippen LogP contribution >= 0.6 is 0 Å². The summed E-state index contributed by atoms with van der Waals surface area (Å²) in [6.45, 7) is 8.17.